The maximum Gasteiger partial charge on any atom is 0.315 e. The van der Waals surface area contributed by atoms with Crippen LogP contribution in [0.3, 0.4) is 0 Å². The maximum absolute atomic E-state index is 12.5. The molecule has 0 atom stereocenters. The van der Waals surface area contributed by atoms with Crippen molar-refractivity contribution < 1.29 is 24.4 Å². The summed E-state index contributed by atoms with van der Waals surface area (Å²) in [5.41, 5.74) is 1.56. The first-order valence-corrected chi connectivity index (χ1v) is 8.80. The molecule has 31 heavy (non-hydrogen) atoms. The molecule has 1 amide bonds. The number of hydrogen-bond acceptors (Lipinski definition) is 9. The van der Waals surface area contributed by atoms with Crippen LogP contribution in [0.1, 0.15) is 11.4 Å². The van der Waals surface area contributed by atoms with Gasteiger partial charge in [-0.05, 0) is 25.1 Å². The number of carbonyl (C=O) groups is 1. The number of aryl methyl sites for hydroxylation is 1. The highest BCUT2D eigenvalue weighted by Crippen LogP contribution is 2.33. The van der Waals surface area contributed by atoms with Gasteiger partial charge in [0, 0.05) is 5.56 Å². The molecule has 160 valence electrons. The summed E-state index contributed by atoms with van der Waals surface area (Å²) in [5, 5.41) is 25.0. The van der Waals surface area contributed by atoms with E-state index in [0.717, 1.165) is 17.0 Å². The van der Waals surface area contributed by atoms with Crippen LogP contribution < -0.4 is 20.6 Å². The molecule has 0 spiro atoms. The molecule has 2 aromatic carbocycles. The van der Waals surface area contributed by atoms with E-state index in [-0.39, 0.29) is 17.1 Å². The molecular formula is C19H17N5O7. The largest absolute Gasteiger partial charge is 0.502 e. The fourth-order valence-corrected chi connectivity index (χ4v) is 2.68. The number of methoxy groups -OCH3 is 1. The summed E-state index contributed by atoms with van der Waals surface area (Å²) in [4.78, 5) is 44.2. The Labute approximate surface area is 174 Å². The number of nitrogens with one attached hydrogen (secondary N) is 1. The van der Waals surface area contributed by atoms with Gasteiger partial charge in [0.15, 0.2) is 6.61 Å². The van der Waals surface area contributed by atoms with E-state index in [2.05, 4.69) is 15.5 Å². The van der Waals surface area contributed by atoms with Gasteiger partial charge in [0.1, 0.15) is 11.6 Å². The fraction of sp³-hybridized carbons (Fsp3) is 0.158. The number of aromatic hydroxyl groups is 1. The average molecular weight is 427 g/mol. The Balaban J connectivity index is 1.70. The molecule has 3 rings (SSSR count). The van der Waals surface area contributed by atoms with E-state index in [0.29, 0.717) is 10.9 Å². The van der Waals surface area contributed by atoms with Crippen molar-refractivity contribution in [1.29, 1.82) is 0 Å². The molecule has 0 aliphatic rings. The third kappa shape index (κ3) is 4.58. The molecular weight excluding hydrogens is 410 g/mol. The number of amides is 1. The zero-order valence-electron chi connectivity index (χ0n) is 16.4. The topological polar surface area (TPSA) is 158 Å². The minimum absolute atomic E-state index is 0.0435. The van der Waals surface area contributed by atoms with E-state index in [1.165, 1.54) is 13.2 Å². The van der Waals surface area contributed by atoms with Crippen LogP contribution >= 0.6 is 0 Å². The Hall–Kier alpha value is -4.48. The first kappa shape index (κ1) is 21.2. The van der Waals surface area contributed by atoms with E-state index in [1.54, 1.807) is 31.2 Å². The second kappa shape index (κ2) is 8.90. The third-order valence-corrected chi connectivity index (χ3v) is 4.14. The van der Waals surface area contributed by atoms with Gasteiger partial charge in [0.2, 0.25) is 5.75 Å². The molecule has 2 N–H and O–H groups in total. The summed E-state index contributed by atoms with van der Waals surface area (Å²) in [6.45, 7) is 1.00. The number of nitrogens with zero attached hydrogens (tertiary/aromatic N) is 4. The second-order valence-corrected chi connectivity index (χ2v) is 6.18. The number of hydrazone groups is 1. The lowest BCUT2D eigenvalue weighted by Gasteiger charge is -2.11. The Morgan fingerprint density at radius 1 is 1.39 bits per heavy atom. The number of nitro benzene ring substituents is 1. The molecule has 1 heterocycles. The molecule has 12 heteroatoms. The van der Waals surface area contributed by atoms with Crippen LogP contribution in [0.25, 0.3) is 10.9 Å². The summed E-state index contributed by atoms with van der Waals surface area (Å²) >= 11 is 0. The van der Waals surface area contributed by atoms with Gasteiger partial charge >= 0.3 is 5.69 Å². The van der Waals surface area contributed by atoms with Crippen LogP contribution in [0.5, 0.6) is 11.5 Å². The van der Waals surface area contributed by atoms with Gasteiger partial charge in [-0.2, -0.15) is 5.10 Å². The van der Waals surface area contributed by atoms with E-state index >= 15 is 0 Å². The van der Waals surface area contributed by atoms with Crippen molar-refractivity contribution in [2.24, 2.45) is 5.10 Å². The van der Waals surface area contributed by atoms with E-state index < -0.39 is 34.4 Å². The van der Waals surface area contributed by atoms with E-state index in [4.69, 9.17) is 9.57 Å². The average Bonchev–Trinajstić information content (AvgIpc) is 2.74. The third-order valence-electron chi connectivity index (χ3n) is 4.14. The number of nitro groups is 1. The number of benzene rings is 2. The number of fused-ring (bicyclic) bond motifs is 1. The number of ether oxygens (including phenoxy) is 1. The summed E-state index contributed by atoms with van der Waals surface area (Å²) in [6.07, 6.45) is 1.01. The highest BCUT2D eigenvalue weighted by molar-refractivity contribution is 5.88. The number of hydrogen-bond donors (Lipinski definition) is 2. The van der Waals surface area contributed by atoms with Gasteiger partial charge in [0.25, 0.3) is 11.5 Å². The standard InChI is InChI=1S/C19H17N5O7/c1-11-21-15-6-4-3-5-14(15)19(27)23(11)31-10-17(25)22-20-9-12-7-13(30-2)8-16(18(12)26)24(28)29/h3-9,26H,10H2,1-2H3,(H,22,25)/b20-9+. The normalized spacial score (nSPS) is 10.9. The molecule has 3 aromatic rings. The number of carbonyl (C=O) groups excluding carboxylic acids is 1. The van der Waals surface area contributed by atoms with Crippen LogP contribution in [0.15, 0.2) is 46.3 Å². The van der Waals surface area contributed by atoms with Crippen molar-refractivity contribution in [2.45, 2.75) is 6.92 Å². The van der Waals surface area contributed by atoms with Crippen molar-refractivity contribution in [1.82, 2.24) is 15.1 Å². The molecule has 0 radical (unpaired) electrons. The molecule has 0 bridgehead atoms. The molecule has 0 aliphatic heterocycles. The van der Waals surface area contributed by atoms with Crippen LogP contribution in [0.2, 0.25) is 0 Å². The van der Waals surface area contributed by atoms with Gasteiger partial charge in [0.05, 0.1) is 35.2 Å². The molecule has 0 aliphatic carbocycles. The van der Waals surface area contributed by atoms with Crippen molar-refractivity contribution >= 4 is 28.7 Å². The predicted molar refractivity (Wildman–Crippen MR) is 109 cm³/mol. The molecule has 0 unspecified atom stereocenters. The van der Waals surface area contributed by atoms with Gasteiger partial charge in [-0.3, -0.25) is 19.7 Å². The molecule has 0 saturated carbocycles. The minimum Gasteiger partial charge on any atom is -0.502 e. The smallest absolute Gasteiger partial charge is 0.315 e. The van der Waals surface area contributed by atoms with Crippen LogP contribution in [0, 0.1) is 17.0 Å². The quantitative estimate of drug-likeness (QED) is 0.320. The van der Waals surface area contributed by atoms with Gasteiger partial charge < -0.3 is 14.7 Å². The molecule has 0 saturated heterocycles. The first-order chi connectivity index (χ1) is 14.8. The predicted octanol–water partition coefficient (Wildman–Crippen LogP) is 0.906. The number of para-hydroxylation sites is 1. The number of phenolic OH excluding ortho intramolecular Hbond substituents is 1. The zero-order chi connectivity index (χ0) is 22.5. The first-order valence-electron chi connectivity index (χ1n) is 8.80. The van der Waals surface area contributed by atoms with Crippen LogP contribution in [-0.4, -0.2) is 45.6 Å². The Kier molecular flexibility index (Phi) is 6.10. The summed E-state index contributed by atoms with van der Waals surface area (Å²) in [7, 11) is 1.31. The highest BCUT2D eigenvalue weighted by Gasteiger charge is 2.19. The summed E-state index contributed by atoms with van der Waals surface area (Å²) < 4.78 is 5.85. The van der Waals surface area contributed by atoms with Gasteiger partial charge in [-0.15, -0.1) is 4.73 Å². The van der Waals surface area contributed by atoms with Crippen LogP contribution in [0.4, 0.5) is 5.69 Å². The lowest BCUT2D eigenvalue weighted by molar-refractivity contribution is -0.385. The van der Waals surface area contributed by atoms with Crippen molar-refractivity contribution in [2.75, 3.05) is 13.7 Å². The van der Waals surface area contributed by atoms with Crippen molar-refractivity contribution in [3.63, 3.8) is 0 Å². The van der Waals surface area contributed by atoms with Crippen molar-refractivity contribution in [3.05, 3.63) is 68.3 Å². The van der Waals surface area contributed by atoms with E-state index in [1.807, 2.05) is 0 Å². The van der Waals surface area contributed by atoms with Gasteiger partial charge in [-0.1, -0.05) is 12.1 Å². The molecule has 0 fully saturated rings. The van der Waals surface area contributed by atoms with Crippen LogP contribution in [-0.2, 0) is 4.79 Å². The highest BCUT2D eigenvalue weighted by atomic mass is 16.7. The molecule has 12 nitrogen and oxygen atoms in total. The monoisotopic (exact) mass is 427 g/mol. The second-order valence-electron chi connectivity index (χ2n) is 6.18. The number of rotatable bonds is 7. The van der Waals surface area contributed by atoms with Gasteiger partial charge in [-0.25, -0.2) is 10.4 Å². The Morgan fingerprint density at radius 3 is 2.84 bits per heavy atom. The lowest BCUT2D eigenvalue weighted by Crippen LogP contribution is -2.35. The number of aromatic nitrogens is 2. The summed E-state index contributed by atoms with van der Waals surface area (Å²) in [5.74, 6) is -0.968. The zero-order valence-corrected chi connectivity index (χ0v) is 16.4. The molecule has 1 aromatic heterocycles. The minimum atomic E-state index is -0.778. The fourth-order valence-electron chi connectivity index (χ4n) is 2.68. The Bertz CT molecular complexity index is 1250. The maximum atomic E-state index is 12.5. The Morgan fingerprint density at radius 2 is 2.13 bits per heavy atom. The summed E-state index contributed by atoms with van der Waals surface area (Å²) in [6, 6.07) is 9.07. The van der Waals surface area contributed by atoms with Crippen molar-refractivity contribution in [3.8, 4) is 11.5 Å². The lowest BCUT2D eigenvalue weighted by atomic mass is 10.1. The number of phenols is 1. The SMILES string of the molecule is COc1cc(/C=N/NC(=O)COn2c(C)nc3ccccc3c2=O)c(O)c([N+](=O)[O-])c1. The van der Waals surface area contributed by atoms with E-state index in [9.17, 15) is 24.8 Å².